The third-order valence-electron chi connectivity index (χ3n) is 4.75. The first kappa shape index (κ1) is 26.5. The molecule has 0 heterocycles. The number of hydrogen-bond acceptors (Lipinski definition) is 7. The van der Waals surface area contributed by atoms with Gasteiger partial charge in [-0.25, -0.2) is 9.59 Å². The van der Waals surface area contributed by atoms with Gasteiger partial charge in [-0.15, -0.1) is 5.11 Å². The van der Waals surface area contributed by atoms with Crippen LogP contribution in [0.25, 0.3) is 0 Å². The van der Waals surface area contributed by atoms with Crippen molar-refractivity contribution in [1.82, 2.24) is 4.90 Å². The molecule has 1 unspecified atom stereocenters. The van der Waals surface area contributed by atoms with Crippen LogP contribution < -0.4 is 4.74 Å². The number of methoxy groups -OCH3 is 1. The lowest BCUT2D eigenvalue weighted by atomic mass is 10.1. The minimum absolute atomic E-state index is 0.212. The molecule has 2 rings (SSSR count). The summed E-state index contributed by atoms with van der Waals surface area (Å²) in [7, 11) is 2.83. The summed E-state index contributed by atoms with van der Waals surface area (Å²) in [6.07, 6.45) is -0.599. The van der Waals surface area contributed by atoms with Crippen molar-refractivity contribution in [2.75, 3.05) is 14.2 Å². The highest BCUT2D eigenvalue weighted by Gasteiger charge is 2.26. The van der Waals surface area contributed by atoms with Gasteiger partial charge in [0.2, 0.25) is 0 Å². The molecule has 1 atom stereocenters. The summed E-state index contributed by atoms with van der Waals surface area (Å²) in [6, 6.07) is 13.4. The molecule has 0 fully saturated rings. The minimum atomic E-state index is -0.795. The molecule has 0 aliphatic heterocycles. The Morgan fingerprint density at radius 2 is 1.56 bits per heavy atom. The van der Waals surface area contributed by atoms with Gasteiger partial charge >= 0.3 is 12.1 Å². The minimum Gasteiger partial charge on any atom is -0.489 e. The van der Waals surface area contributed by atoms with Crippen molar-refractivity contribution in [3.05, 3.63) is 65.2 Å². The highest BCUT2D eigenvalue weighted by Crippen LogP contribution is 2.16. The lowest BCUT2D eigenvalue weighted by Gasteiger charge is -2.26. The van der Waals surface area contributed by atoms with E-state index in [1.807, 2.05) is 12.1 Å². The zero-order valence-corrected chi connectivity index (χ0v) is 20.4. The van der Waals surface area contributed by atoms with Gasteiger partial charge in [-0.05, 0) is 63.1 Å². The fourth-order valence-corrected chi connectivity index (χ4v) is 2.64. The van der Waals surface area contributed by atoms with E-state index >= 15 is 0 Å². The summed E-state index contributed by atoms with van der Waals surface area (Å²) in [6.45, 7) is 7.39. The molecule has 2 amide bonds. The van der Waals surface area contributed by atoms with Gasteiger partial charge < -0.3 is 14.2 Å². The number of azo groups is 1. The van der Waals surface area contributed by atoms with E-state index in [0.29, 0.717) is 17.9 Å². The van der Waals surface area contributed by atoms with Crippen LogP contribution in [-0.4, -0.2) is 48.7 Å². The van der Waals surface area contributed by atoms with Crippen molar-refractivity contribution in [1.29, 1.82) is 0 Å². The maximum absolute atomic E-state index is 12.2. The summed E-state index contributed by atoms with van der Waals surface area (Å²) < 4.78 is 15.7. The van der Waals surface area contributed by atoms with E-state index in [0.717, 1.165) is 11.1 Å². The molecule has 0 bridgehead atoms. The number of hydrogen-bond donors (Lipinski definition) is 0. The highest BCUT2D eigenvalue weighted by molar-refractivity contribution is 5.89. The van der Waals surface area contributed by atoms with Crippen LogP contribution >= 0.6 is 0 Å². The van der Waals surface area contributed by atoms with Crippen molar-refractivity contribution in [3.63, 3.8) is 0 Å². The van der Waals surface area contributed by atoms with Gasteiger partial charge in [-0.2, -0.15) is 5.11 Å². The quantitative estimate of drug-likeness (QED) is 0.407. The van der Waals surface area contributed by atoms with Crippen LogP contribution in [0.4, 0.5) is 4.79 Å². The summed E-state index contributed by atoms with van der Waals surface area (Å²) >= 11 is 0. The third kappa shape index (κ3) is 8.31. The first-order valence-corrected chi connectivity index (χ1v) is 10.8. The number of rotatable bonds is 8. The van der Waals surface area contributed by atoms with Crippen molar-refractivity contribution in [3.8, 4) is 5.75 Å². The lowest BCUT2D eigenvalue weighted by molar-refractivity contribution is -0.122. The molecule has 0 aliphatic carbocycles. The van der Waals surface area contributed by atoms with Gasteiger partial charge in [-0.1, -0.05) is 24.3 Å². The summed E-state index contributed by atoms with van der Waals surface area (Å²) in [5.74, 6) is -0.251. The predicted octanol–water partition coefficient (Wildman–Crippen LogP) is 4.79. The lowest BCUT2D eigenvalue weighted by Crippen LogP contribution is -2.42. The average Bonchev–Trinajstić information content (AvgIpc) is 2.81. The Bertz CT molecular complexity index is 1010. The topological polar surface area (TPSA) is 107 Å². The van der Waals surface area contributed by atoms with E-state index in [-0.39, 0.29) is 12.5 Å². The summed E-state index contributed by atoms with van der Waals surface area (Å²) in [5.41, 5.74) is 1.59. The fraction of sp³-hybridized carbons (Fsp3) is 0.400. The molecular formula is C25H31N3O6. The SMILES string of the molecule is COC(=O)c1ccc(COc2ccc(CN=NC(=O)C(C)N(C)C(=O)OC(C)(C)C)cc2)cc1. The molecule has 182 valence electrons. The fourth-order valence-electron chi connectivity index (χ4n) is 2.64. The summed E-state index contributed by atoms with van der Waals surface area (Å²) in [5, 5.41) is 7.67. The number of amides is 2. The molecular weight excluding hydrogens is 438 g/mol. The molecule has 2 aromatic carbocycles. The molecule has 0 saturated carbocycles. The van der Waals surface area contributed by atoms with E-state index in [4.69, 9.17) is 9.47 Å². The predicted molar refractivity (Wildman–Crippen MR) is 126 cm³/mol. The zero-order valence-electron chi connectivity index (χ0n) is 20.4. The van der Waals surface area contributed by atoms with Gasteiger partial charge in [0.25, 0.3) is 5.91 Å². The number of likely N-dealkylation sites (N-methyl/N-ethyl adjacent to an activating group) is 1. The molecule has 9 nitrogen and oxygen atoms in total. The van der Waals surface area contributed by atoms with Crippen LogP contribution in [0.3, 0.4) is 0 Å². The van der Waals surface area contributed by atoms with Gasteiger partial charge in [0.05, 0.1) is 19.2 Å². The van der Waals surface area contributed by atoms with E-state index in [2.05, 4.69) is 15.0 Å². The Kier molecular flexibility index (Phi) is 9.29. The molecule has 0 aliphatic rings. The largest absolute Gasteiger partial charge is 0.489 e. The van der Waals surface area contributed by atoms with Crippen molar-refractivity contribution in [2.45, 2.75) is 52.5 Å². The maximum atomic E-state index is 12.2. The van der Waals surface area contributed by atoms with E-state index in [1.54, 1.807) is 64.1 Å². The monoisotopic (exact) mass is 469 g/mol. The highest BCUT2D eigenvalue weighted by atomic mass is 16.6. The second kappa shape index (κ2) is 11.9. The van der Waals surface area contributed by atoms with E-state index in [9.17, 15) is 14.4 Å². The number of nitrogens with zero attached hydrogens (tertiary/aromatic N) is 3. The second-order valence-corrected chi connectivity index (χ2v) is 8.63. The van der Waals surface area contributed by atoms with E-state index < -0.39 is 23.6 Å². The number of benzene rings is 2. The summed E-state index contributed by atoms with van der Waals surface area (Å²) in [4.78, 5) is 37.0. The normalized spacial score (nSPS) is 12.2. The molecule has 34 heavy (non-hydrogen) atoms. The van der Waals surface area contributed by atoms with Crippen LogP contribution in [-0.2, 0) is 27.4 Å². The Hall–Kier alpha value is -3.75. The second-order valence-electron chi connectivity index (χ2n) is 8.63. The van der Waals surface area contributed by atoms with Gasteiger partial charge in [-0.3, -0.25) is 9.69 Å². The smallest absolute Gasteiger partial charge is 0.410 e. The van der Waals surface area contributed by atoms with Crippen molar-refractivity contribution in [2.24, 2.45) is 10.2 Å². The number of esters is 1. The molecule has 9 heteroatoms. The zero-order chi connectivity index (χ0) is 25.3. The standard InChI is InChI=1S/C25H31N3O6/c1-17(28(5)24(31)34-25(2,3)4)22(29)27-26-15-18-9-13-21(14-10-18)33-16-19-7-11-20(12-8-19)23(30)32-6/h7-14,17H,15-16H2,1-6H3. The van der Waals surface area contributed by atoms with Crippen molar-refractivity contribution >= 4 is 18.0 Å². The number of ether oxygens (including phenoxy) is 3. The van der Waals surface area contributed by atoms with Crippen LogP contribution in [0.2, 0.25) is 0 Å². The molecule has 0 spiro atoms. The van der Waals surface area contributed by atoms with Gasteiger partial charge in [0, 0.05) is 7.05 Å². The molecule has 2 aromatic rings. The first-order valence-electron chi connectivity index (χ1n) is 10.8. The van der Waals surface area contributed by atoms with Crippen LogP contribution in [0.1, 0.15) is 49.2 Å². The Morgan fingerprint density at radius 1 is 0.971 bits per heavy atom. The van der Waals surface area contributed by atoms with Gasteiger partial charge in [0.1, 0.15) is 24.0 Å². The Labute approximate surface area is 199 Å². The van der Waals surface area contributed by atoms with Crippen LogP contribution in [0.15, 0.2) is 58.8 Å². The van der Waals surface area contributed by atoms with Crippen LogP contribution in [0.5, 0.6) is 5.75 Å². The van der Waals surface area contributed by atoms with Crippen LogP contribution in [0, 0.1) is 0 Å². The average molecular weight is 470 g/mol. The first-order chi connectivity index (χ1) is 16.0. The number of carbonyl (C=O) groups is 3. The Balaban J connectivity index is 1.83. The maximum Gasteiger partial charge on any atom is 0.410 e. The molecule has 0 saturated heterocycles. The molecule has 0 aromatic heterocycles. The molecule has 0 radical (unpaired) electrons. The van der Waals surface area contributed by atoms with E-state index in [1.165, 1.54) is 19.1 Å². The number of carbonyl (C=O) groups excluding carboxylic acids is 3. The molecule has 0 N–H and O–H groups in total. The van der Waals surface area contributed by atoms with Crippen molar-refractivity contribution < 1.29 is 28.6 Å². The van der Waals surface area contributed by atoms with Gasteiger partial charge in [0.15, 0.2) is 0 Å². The Morgan fingerprint density at radius 3 is 2.12 bits per heavy atom. The third-order valence-corrected chi connectivity index (χ3v) is 4.75.